The van der Waals surface area contributed by atoms with Crippen LogP contribution in [0.5, 0.6) is 11.6 Å². The lowest BCUT2D eigenvalue weighted by Crippen LogP contribution is -2.36. The predicted octanol–water partition coefficient (Wildman–Crippen LogP) is 3.68. The second-order valence-electron chi connectivity index (χ2n) is 7.09. The first-order valence-electron chi connectivity index (χ1n) is 9.72. The molecule has 6 nitrogen and oxygen atoms in total. The molecule has 9 heteroatoms. The van der Waals surface area contributed by atoms with E-state index in [-0.39, 0.29) is 5.75 Å². The minimum Gasteiger partial charge on any atom is -0.484 e. The van der Waals surface area contributed by atoms with E-state index in [1.165, 1.54) is 25.0 Å². The molecule has 30 heavy (non-hydrogen) atoms. The molecule has 1 saturated carbocycles. The lowest BCUT2D eigenvalue weighted by atomic mass is 10.2. The Bertz CT molecular complexity index is 820. The number of hydrogen-bond acceptors (Lipinski definition) is 4. The van der Waals surface area contributed by atoms with E-state index in [1.54, 1.807) is 25.4 Å². The van der Waals surface area contributed by atoms with Gasteiger partial charge in [0.05, 0.1) is 6.61 Å². The van der Waals surface area contributed by atoms with Crippen molar-refractivity contribution >= 4 is 5.96 Å². The van der Waals surface area contributed by atoms with Crippen LogP contribution < -0.4 is 20.1 Å². The smallest absolute Gasteiger partial charge is 0.422 e. The van der Waals surface area contributed by atoms with Gasteiger partial charge >= 0.3 is 6.18 Å². The molecule has 1 aliphatic rings. The van der Waals surface area contributed by atoms with Crippen molar-refractivity contribution in [1.82, 2.24) is 15.6 Å². The maximum atomic E-state index is 12.2. The molecule has 1 aliphatic carbocycles. The molecular formula is C21H25F3N4O2. The molecule has 0 bridgehead atoms. The van der Waals surface area contributed by atoms with Crippen LogP contribution in [0.4, 0.5) is 13.2 Å². The van der Waals surface area contributed by atoms with Crippen molar-refractivity contribution < 1.29 is 22.6 Å². The van der Waals surface area contributed by atoms with Crippen molar-refractivity contribution in [3.63, 3.8) is 0 Å². The lowest BCUT2D eigenvalue weighted by Gasteiger charge is -2.13. The van der Waals surface area contributed by atoms with Crippen LogP contribution in [0.25, 0.3) is 0 Å². The predicted molar refractivity (Wildman–Crippen MR) is 107 cm³/mol. The number of aliphatic imine (C=N–C) groups is 1. The molecule has 162 valence electrons. The zero-order valence-electron chi connectivity index (χ0n) is 16.7. The molecule has 0 atom stereocenters. The number of nitrogens with zero attached hydrogens (tertiary/aromatic N) is 2. The topological polar surface area (TPSA) is 67.8 Å². The summed E-state index contributed by atoms with van der Waals surface area (Å²) in [5.74, 6) is 2.10. The van der Waals surface area contributed by atoms with Gasteiger partial charge in [-0.15, -0.1) is 0 Å². The van der Waals surface area contributed by atoms with Gasteiger partial charge in [-0.05, 0) is 42.0 Å². The number of aromatic nitrogens is 1. The first kappa shape index (κ1) is 21.7. The summed E-state index contributed by atoms with van der Waals surface area (Å²) in [4.78, 5) is 8.47. The fourth-order valence-corrected chi connectivity index (χ4v) is 2.55. The molecule has 0 amide bonds. The maximum Gasteiger partial charge on any atom is 0.422 e. The Balaban J connectivity index is 1.39. The van der Waals surface area contributed by atoms with E-state index in [0.29, 0.717) is 30.8 Å². The SMILES string of the molecule is CN=C(NCc1ccc(OCC(F)(F)F)cc1)NCc1ccc(OCC2CC2)nc1. The number of ether oxygens (including phenoxy) is 2. The molecular weight excluding hydrogens is 397 g/mol. The number of halogens is 3. The summed E-state index contributed by atoms with van der Waals surface area (Å²) >= 11 is 0. The average Bonchev–Trinajstić information content (AvgIpc) is 3.56. The highest BCUT2D eigenvalue weighted by atomic mass is 19.4. The van der Waals surface area contributed by atoms with E-state index >= 15 is 0 Å². The highest BCUT2D eigenvalue weighted by Gasteiger charge is 2.28. The summed E-state index contributed by atoms with van der Waals surface area (Å²) in [5.41, 5.74) is 1.87. The summed E-state index contributed by atoms with van der Waals surface area (Å²) < 4.78 is 46.9. The van der Waals surface area contributed by atoms with E-state index in [0.717, 1.165) is 17.7 Å². The molecule has 0 spiro atoms. The Morgan fingerprint density at radius 3 is 2.27 bits per heavy atom. The van der Waals surface area contributed by atoms with E-state index in [2.05, 4.69) is 20.6 Å². The highest BCUT2D eigenvalue weighted by molar-refractivity contribution is 5.79. The lowest BCUT2D eigenvalue weighted by molar-refractivity contribution is -0.153. The molecule has 1 fully saturated rings. The Labute approximate surface area is 173 Å². The van der Waals surface area contributed by atoms with Crippen LogP contribution in [0.15, 0.2) is 47.6 Å². The molecule has 0 radical (unpaired) electrons. The Hall–Kier alpha value is -2.97. The molecule has 1 aromatic heterocycles. The van der Waals surface area contributed by atoms with Gasteiger partial charge in [0.1, 0.15) is 5.75 Å². The van der Waals surface area contributed by atoms with E-state index < -0.39 is 12.8 Å². The normalized spacial score (nSPS) is 14.3. The summed E-state index contributed by atoms with van der Waals surface area (Å²) in [6, 6.07) is 10.2. The van der Waals surface area contributed by atoms with Crippen LogP contribution in [0.2, 0.25) is 0 Å². The minimum atomic E-state index is -4.35. The third kappa shape index (κ3) is 7.81. The summed E-state index contributed by atoms with van der Waals surface area (Å²) in [6.07, 6.45) is -0.103. The van der Waals surface area contributed by atoms with E-state index in [4.69, 9.17) is 9.47 Å². The fourth-order valence-electron chi connectivity index (χ4n) is 2.55. The van der Waals surface area contributed by atoms with E-state index in [1.807, 2.05) is 12.1 Å². The third-order valence-electron chi connectivity index (χ3n) is 4.43. The van der Waals surface area contributed by atoms with Crippen LogP contribution >= 0.6 is 0 Å². The fraction of sp³-hybridized carbons (Fsp3) is 0.429. The Kier molecular flexibility index (Phi) is 7.37. The van der Waals surface area contributed by atoms with Crippen molar-refractivity contribution in [3.8, 4) is 11.6 Å². The number of nitrogens with one attached hydrogen (secondary N) is 2. The maximum absolute atomic E-state index is 12.2. The molecule has 2 aromatic rings. The summed E-state index contributed by atoms with van der Waals surface area (Å²) in [6.45, 7) is 0.436. The molecule has 2 N–H and O–H groups in total. The second kappa shape index (κ2) is 10.2. The minimum absolute atomic E-state index is 0.177. The van der Waals surface area contributed by atoms with Crippen molar-refractivity contribution in [3.05, 3.63) is 53.7 Å². The second-order valence-corrected chi connectivity index (χ2v) is 7.09. The van der Waals surface area contributed by atoms with Gasteiger partial charge in [0.25, 0.3) is 0 Å². The van der Waals surface area contributed by atoms with Gasteiger partial charge in [0, 0.05) is 32.4 Å². The average molecular weight is 422 g/mol. The summed E-state index contributed by atoms with van der Waals surface area (Å²) in [7, 11) is 1.66. The van der Waals surface area contributed by atoms with Gasteiger partial charge in [-0.3, -0.25) is 4.99 Å². The molecule has 0 aliphatic heterocycles. The Morgan fingerprint density at radius 1 is 1.03 bits per heavy atom. The quantitative estimate of drug-likeness (QED) is 0.477. The summed E-state index contributed by atoms with van der Waals surface area (Å²) in [5, 5.41) is 6.35. The van der Waals surface area contributed by atoms with Crippen LogP contribution in [0.1, 0.15) is 24.0 Å². The number of benzene rings is 1. The third-order valence-corrected chi connectivity index (χ3v) is 4.43. The monoisotopic (exact) mass is 422 g/mol. The number of alkyl halides is 3. The van der Waals surface area contributed by atoms with Crippen molar-refractivity contribution in [2.45, 2.75) is 32.1 Å². The van der Waals surface area contributed by atoms with Crippen LogP contribution in [0.3, 0.4) is 0 Å². The molecule has 3 rings (SSSR count). The van der Waals surface area contributed by atoms with Crippen LogP contribution in [0, 0.1) is 5.92 Å². The van der Waals surface area contributed by atoms with Gasteiger partial charge < -0.3 is 20.1 Å². The van der Waals surface area contributed by atoms with E-state index in [9.17, 15) is 13.2 Å². The molecule has 1 aromatic carbocycles. The van der Waals surface area contributed by atoms with Crippen LogP contribution in [-0.2, 0) is 13.1 Å². The number of hydrogen-bond donors (Lipinski definition) is 2. The zero-order chi connectivity index (χ0) is 21.4. The van der Waals surface area contributed by atoms with Crippen LogP contribution in [-0.4, -0.2) is 37.4 Å². The van der Waals surface area contributed by atoms with Gasteiger partial charge in [-0.25, -0.2) is 4.98 Å². The molecule has 0 saturated heterocycles. The Morgan fingerprint density at radius 2 is 1.70 bits per heavy atom. The van der Waals surface area contributed by atoms with Crippen molar-refractivity contribution in [2.75, 3.05) is 20.3 Å². The van der Waals surface area contributed by atoms with Gasteiger partial charge in [0.15, 0.2) is 12.6 Å². The molecule has 1 heterocycles. The number of rotatable bonds is 9. The zero-order valence-corrected chi connectivity index (χ0v) is 16.7. The van der Waals surface area contributed by atoms with Gasteiger partial charge in [-0.1, -0.05) is 18.2 Å². The number of pyridine rings is 1. The van der Waals surface area contributed by atoms with Gasteiger partial charge in [0.2, 0.25) is 5.88 Å². The van der Waals surface area contributed by atoms with Gasteiger partial charge in [-0.2, -0.15) is 13.2 Å². The molecule has 0 unspecified atom stereocenters. The largest absolute Gasteiger partial charge is 0.484 e. The standard InChI is InChI=1S/C21H25F3N4O2/c1-25-20(27-10-15-4-7-18(8-5-15)30-14-21(22,23)24)28-12-17-6-9-19(26-11-17)29-13-16-2-3-16/h4-9,11,16H,2-3,10,12-14H2,1H3,(H2,25,27,28). The van der Waals surface area contributed by atoms with Crippen molar-refractivity contribution in [2.24, 2.45) is 10.9 Å². The highest BCUT2D eigenvalue weighted by Crippen LogP contribution is 2.29. The first-order chi connectivity index (χ1) is 14.4. The van der Waals surface area contributed by atoms with Crippen molar-refractivity contribution in [1.29, 1.82) is 0 Å². The number of guanidine groups is 1. The first-order valence-corrected chi connectivity index (χ1v) is 9.72.